The minimum Gasteiger partial charge on any atom is -0.480 e. The largest absolute Gasteiger partial charge is 0.480 e. The van der Waals surface area contributed by atoms with Gasteiger partial charge in [-0.05, 0) is 38.5 Å². The molecule has 0 saturated carbocycles. The lowest BCUT2D eigenvalue weighted by atomic mass is 10.0. The molecule has 1 atom stereocenters. The number of esters is 1. The van der Waals surface area contributed by atoms with Crippen molar-refractivity contribution in [1.82, 2.24) is 5.32 Å². The van der Waals surface area contributed by atoms with Gasteiger partial charge in [-0.1, -0.05) is 84.5 Å². The third-order valence-corrected chi connectivity index (χ3v) is 5.78. The molecule has 0 fully saturated rings. The van der Waals surface area contributed by atoms with Crippen molar-refractivity contribution in [2.75, 3.05) is 6.54 Å². The fourth-order valence-electron chi connectivity index (χ4n) is 3.81. The van der Waals surface area contributed by atoms with Gasteiger partial charge in [-0.2, -0.15) is 0 Å². The maximum Gasteiger partial charge on any atom is 0.322 e. The Labute approximate surface area is 196 Å². The smallest absolute Gasteiger partial charge is 0.322 e. The molecule has 0 rings (SSSR count). The van der Waals surface area contributed by atoms with Crippen LogP contribution in [-0.2, 0) is 19.1 Å². The van der Waals surface area contributed by atoms with Gasteiger partial charge >= 0.3 is 11.9 Å². The summed E-state index contributed by atoms with van der Waals surface area (Å²) in [6.07, 6.45) is 19.5. The molecule has 188 valence electrons. The maximum atomic E-state index is 12.3. The number of carbonyl (C=O) groups is 3. The quantitative estimate of drug-likeness (QED) is 0.135. The highest BCUT2D eigenvalue weighted by Gasteiger charge is 2.14. The summed E-state index contributed by atoms with van der Waals surface area (Å²) >= 11 is 0. The van der Waals surface area contributed by atoms with Gasteiger partial charge in [0.15, 0.2) is 0 Å². The molecule has 6 nitrogen and oxygen atoms in total. The van der Waals surface area contributed by atoms with Crippen LogP contribution in [0.15, 0.2) is 0 Å². The Bertz CT molecular complexity index is 481. The molecule has 0 aliphatic heterocycles. The first-order chi connectivity index (χ1) is 15.5. The summed E-state index contributed by atoms with van der Waals surface area (Å²) in [6.45, 7) is 4.09. The van der Waals surface area contributed by atoms with E-state index in [1.54, 1.807) is 0 Å². The van der Waals surface area contributed by atoms with E-state index in [9.17, 15) is 14.4 Å². The number of hydrogen-bond donors (Lipinski definition) is 2. The fraction of sp³-hybridized carbons (Fsp3) is 0.885. The molecule has 32 heavy (non-hydrogen) atoms. The van der Waals surface area contributed by atoms with Gasteiger partial charge in [0.05, 0.1) is 0 Å². The van der Waals surface area contributed by atoms with E-state index in [-0.39, 0.29) is 24.5 Å². The first kappa shape index (κ1) is 30.4. The van der Waals surface area contributed by atoms with Crippen molar-refractivity contribution >= 4 is 17.8 Å². The van der Waals surface area contributed by atoms with Gasteiger partial charge in [0.2, 0.25) is 5.91 Å². The second kappa shape index (κ2) is 22.6. The summed E-state index contributed by atoms with van der Waals surface area (Å²) in [5.74, 6) is -1.32. The summed E-state index contributed by atoms with van der Waals surface area (Å²) in [4.78, 5) is 34.3. The Balaban J connectivity index is 4.04. The average molecular weight is 456 g/mol. The Morgan fingerprint density at radius 2 is 1.16 bits per heavy atom. The lowest BCUT2D eigenvalue weighted by Gasteiger charge is -2.18. The minimum absolute atomic E-state index is 0.0192. The molecular weight excluding hydrogens is 406 g/mol. The highest BCUT2D eigenvalue weighted by molar-refractivity contribution is 5.80. The van der Waals surface area contributed by atoms with Gasteiger partial charge < -0.3 is 15.2 Å². The van der Waals surface area contributed by atoms with E-state index >= 15 is 0 Å². The Hall–Kier alpha value is -1.59. The number of carboxylic acids is 1. The number of aliphatic carboxylic acids is 1. The van der Waals surface area contributed by atoms with E-state index in [4.69, 9.17) is 9.84 Å². The van der Waals surface area contributed by atoms with E-state index in [1.807, 2.05) is 0 Å². The van der Waals surface area contributed by atoms with Crippen molar-refractivity contribution in [2.45, 2.75) is 142 Å². The molecule has 0 aromatic rings. The van der Waals surface area contributed by atoms with Gasteiger partial charge in [-0.3, -0.25) is 14.4 Å². The van der Waals surface area contributed by atoms with Crippen LogP contribution in [0.1, 0.15) is 136 Å². The number of carboxylic acid groups (broad SMARTS) is 1. The van der Waals surface area contributed by atoms with Gasteiger partial charge in [0.25, 0.3) is 0 Å². The van der Waals surface area contributed by atoms with Crippen LogP contribution >= 0.6 is 0 Å². The van der Waals surface area contributed by atoms with E-state index in [1.165, 1.54) is 57.8 Å². The summed E-state index contributed by atoms with van der Waals surface area (Å²) < 4.78 is 5.80. The highest BCUT2D eigenvalue weighted by atomic mass is 16.5. The number of rotatable bonds is 23. The van der Waals surface area contributed by atoms with Crippen LogP contribution < -0.4 is 5.32 Å². The summed E-state index contributed by atoms with van der Waals surface area (Å²) in [5, 5.41) is 11.0. The Morgan fingerprint density at radius 3 is 1.72 bits per heavy atom. The molecule has 1 unspecified atom stereocenters. The molecule has 0 spiro atoms. The van der Waals surface area contributed by atoms with Crippen molar-refractivity contribution < 1.29 is 24.2 Å². The first-order valence-corrected chi connectivity index (χ1v) is 13.2. The van der Waals surface area contributed by atoms with Crippen molar-refractivity contribution in [3.63, 3.8) is 0 Å². The molecule has 0 aromatic heterocycles. The molecule has 1 amide bonds. The maximum absolute atomic E-state index is 12.3. The molecule has 6 heteroatoms. The number of hydrogen-bond acceptors (Lipinski definition) is 4. The fourth-order valence-corrected chi connectivity index (χ4v) is 3.81. The lowest BCUT2D eigenvalue weighted by Crippen LogP contribution is -2.28. The number of ether oxygens (including phenoxy) is 1. The monoisotopic (exact) mass is 455 g/mol. The summed E-state index contributed by atoms with van der Waals surface area (Å²) in [6, 6.07) is 0. The number of unbranched alkanes of at least 4 members (excludes halogenated alkanes) is 12. The van der Waals surface area contributed by atoms with Crippen LogP contribution in [0, 0.1) is 0 Å². The Kier molecular flexibility index (Phi) is 21.5. The Morgan fingerprint density at radius 1 is 0.688 bits per heavy atom. The minimum atomic E-state index is -1.03. The first-order valence-electron chi connectivity index (χ1n) is 13.2. The van der Waals surface area contributed by atoms with E-state index < -0.39 is 5.97 Å². The normalized spacial score (nSPS) is 11.8. The molecular formula is C26H49NO5. The van der Waals surface area contributed by atoms with Gasteiger partial charge in [-0.15, -0.1) is 0 Å². The van der Waals surface area contributed by atoms with Crippen LogP contribution in [0.25, 0.3) is 0 Å². The third kappa shape index (κ3) is 21.6. The van der Waals surface area contributed by atoms with Crippen LogP contribution in [-0.4, -0.2) is 35.6 Å². The number of amides is 1. The summed E-state index contributed by atoms with van der Waals surface area (Å²) in [7, 11) is 0. The second-order valence-corrected chi connectivity index (χ2v) is 8.96. The molecule has 0 heterocycles. The predicted molar refractivity (Wildman–Crippen MR) is 130 cm³/mol. The van der Waals surface area contributed by atoms with Crippen LogP contribution in [0.5, 0.6) is 0 Å². The van der Waals surface area contributed by atoms with Crippen LogP contribution in [0.2, 0.25) is 0 Å². The zero-order valence-corrected chi connectivity index (χ0v) is 20.8. The highest BCUT2D eigenvalue weighted by Crippen LogP contribution is 2.17. The average Bonchev–Trinajstić information content (AvgIpc) is 2.76. The zero-order chi connectivity index (χ0) is 23.9. The molecule has 0 saturated heterocycles. The topological polar surface area (TPSA) is 92.7 Å². The van der Waals surface area contributed by atoms with Crippen molar-refractivity contribution in [1.29, 1.82) is 0 Å². The van der Waals surface area contributed by atoms with Gasteiger partial charge in [0.1, 0.15) is 12.6 Å². The third-order valence-electron chi connectivity index (χ3n) is 5.78. The van der Waals surface area contributed by atoms with E-state index in [0.717, 1.165) is 51.4 Å². The standard InChI is InChI=1S/C26H49NO5/c1-3-5-7-9-10-11-12-17-21-26(31)32-23(18-14-8-6-4-2)19-15-13-16-20-24(28)27-22-25(29)30/h23H,3-22H2,1-2H3,(H,27,28)(H,29,30). The molecule has 0 aromatic carbocycles. The summed E-state index contributed by atoms with van der Waals surface area (Å²) in [5.41, 5.74) is 0. The second-order valence-electron chi connectivity index (χ2n) is 8.96. The van der Waals surface area contributed by atoms with Crippen molar-refractivity contribution in [3.05, 3.63) is 0 Å². The molecule has 0 bridgehead atoms. The van der Waals surface area contributed by atoms with Crippen molar-refractivity contribution in [2.24, 2.45) is 0 Å². The molecule has 0 aliphatic rings. The SMILES string of the molecule is CCCCCCCCCCC(=O)OC(CCCCCC)CCCCCC(=O)NCC(=O)O. The van der Waals surface area contributed by atoms with Crippen LogP contribution in [0.4, 0.5) is 0 Å². The van der Waals surface area contributed by atoms with Gasteiger partial charge in [-0.25, -0.2) is 0 Å². The van der Waals surface area contributed by atoms with E-state index in [2.05, 4.69) is 19.2 Å². The molecule has 0 aliphatic carbocycles. The van der Waals surface area contributed by atoms with Crippen LogP contribution in [0.3, 0.4) is 0 Å². The number of nitrogens with one attached hydrogen (secondary N) is 1. The zero-order valence-electron chi connectivity index (χ0n) is 20.8. The van der Waals surface area contributed by atoms with Crippen molar-refractivity contribution in [3.8, 4) is 0 Å². The van der Waals surface area contributed by atoms with Gasteiger partial charge in [0, 0.05) is 12.8 Å². The number of carbonyl (C=O) groups excluding carboxylic acids is 2. The molecule has 2 N–H and O–H groups in total. The van der Waals surface area contributed by atoms with E-state index in [0.29, 0.717) is 12.8 Å². The lowest BCUT2D eigenvalue weighted by molar-refractivity contribution is -0.150. The predicted octanol–water partition coefficient (Wildman–Crippen LogP) is 6.55. The molecule has 0 radical (unpaired) electrons.